The number of nitrogens with two attached hydrogens (primary N) is 1. The number of nitrogen functional groups attached to an aromatic ring is 1. The van der Waals surface area contributed by atoms with E-state index >= 15 is 0 Å². The SMILES string of the molecule is Cc1ccc(NS(=O)(=O)c2cc(Br)ccc2N)c(C)c1. The Morgan fingerprint density at radius 1 is 1.10 bits per heavy atom. The number of rotatable bonds is 3. The number of hydrogen-bond acceptors (Lipinski definition) is 3. The van der Waals surface area contributed by atoms with Crippen LogP contribution in [0, 0.1) is 13.8 Å². The van der Waals surface area contributed by atoms with E-state index in [1.165, 1.54) is 6.07 Å². The topological polar surface area (TPSA) is 72.2 Å². The second-order valence-electron chi connectivity index (χ2n) is 4.61. The van der Waals surface area contributed by atoms with Gasteiger partial charge in [-0.3, -0.25) is 4.72 Å². The minimum absolute atomic E-state index is 0.0619. The first kappa shape index (κ1) is 14.9. The zero-order chi connectivity index (χ0) is 14.9. The van der Waals surface area contributed by atoms with Gasteiger partial charge in [0.25, 0.3) is 10.0 Å². The molecule has 0 bridgehead atoms. The largest absolute Gasteiger partial charge is 0.398 e. The summed E-state index contributed by atoms with van der Waals surface area (Å²) in [6, 6.07) is 10.3. The van der Waals surface area contributed by atoms with Crippen LogP contribution in [0.5, 0.6) is 0 Å². The number of anilines is 2. The van der Waals surface area contributed by atoms with E-state index in [0.717, 1.165) is 11.1 Å². The van der Waals surface area contributed by atoms with E-state index in [4.69, 9.17) is 5.73 Å². The first-order valence-corrected chi connectivity index (χ1v) is 8.22. The summed E-state index contributed by atoms with van der Waals surface area (Å²) in [4.78, 5) is 0.0619. The molecule has 0 radical (unpaired) electrons. The van der Waals surface area contributed by atoms with Crippen LogP contribution in [0.4, 0.5) is 11.4 Å². The minimum Gasteiger partial charge on any atom is -0.398 e. The van der Waals surface area contributed by atoms with E-state index in [2.05, 4.69) is 20.7 Å². The van der Waals surface area contributed by atoms with Gasteiger partial charge in [0, 0.05) is 4.47 Å². The van der Waals surface area contributed by atoms with E-state index in [9.17, 15) is 8.42 Å². The zero-order valence-corrected chi connectivity index (χ0v) is 13.5. The van der Waals surface area contributed by atoms with Gasteiger partial charge in [-0.15, -0.1) is 0 Å². The second kappa shape index (κ2) is 5.46. The molecule has 3 N–H and O–H groups in total. The van der Waals surface area contributed by atoms with Gasteiger partial charge in [0.2, 0.25) is 0 Å². The van der Waals surface area contributed by atoms with Gasteiger partial charge in [-0.1, -0.05) is 33.6 Å². The maximum absolute atomic E-state index is 12.4. The van der Waals surface area contributed by atoms with Crippen molar-refractivity contribution in [3.63, 3.8) is 0 Å². The third kappa shape index (κ3) is 3.13. The van der Waals surface area contributed by atoms with Crippen molar-refractivity contribution >= 4 is 37.3 Å². The molecule has 6 heteroatoms. The lowest BCUT2D eigenvalue weighted by molar-refractivity contribution is 0.601. The fourth-order valence-electron chi connectivity index (χ4n) is 1.87. The van der Waals surface area contributed by atoms with Crippen molar-refractivity contribution in [2.24, 2.45) is 0 Å². The van der Waals surface area contributed by atoms with Crippen molar-refractivity contribution in [3.05, 3.63) is 52.0 Å². The van der Waals surface area contributed by atoms with Crippen molar-refractivity contribution in [1.29, 1.82) is 0 Å². The molecule has 0 fully saturated rings. The molecule has 0 saturated heterocycles. The Morgan fingerprint density at radius 2 is 1.80 bits per heavy atom. The van der Waals surface area contributed by atoms with Crippen LogP contribution in [0.2, 0.25) is 0 Å². The Balaban J connectivity index is 2.43. The highest BCUT2D eigenvalue weighted by Gasteiger charge is 2.18. The number of nitrogens with one attached hydrogen (secondary N) is 1. The molecule has 0 aliphatic heterocycles. The number of halogens is 1. The highest BCUT2D eigenvalue weighted by molar-refractivity contribution is 9.10. The van der Waals surface area contributed by atoms with Crippen LogP contribution in [0.1, 0.15) is 11.1 Å². The lowest BCUT2D eigenvalue weighted by atomic mass is 10.1. The van der Waals surface area contributed by atoms with Gasteiger partial charge in [-0.05, 0) is 43.7 Å². The normalized spacial score (nSPS) is 11.3. The summed E-state index contributed by atoms with van der Waals surface area (Å²) in [5.41, 5.74) is 8.46. The van der Waals surface area contributed by atoms with E-state index in [1.54, 1.807) is 18.2 Å². The Kier molecular flexibility index (Phi) is 4.06. The molecule has 0 aromatic heterocycles. The highest BCUT2D eigenvalue weighted by atomic mass is 79.9. The highest BCUT2D eigenvalue weighted by Crippen LogP contribution is 2.26. The Labute approximate surface area is 127 Å². The fourth-order valence-corrected chi connectivity index (χ4v) is 3.67. The van der Waals surface area contributed by atoms with Crippen LogP contribution >= 0.6 is 15.9 Å². The quantitative estimate of drug-likeness (QED) is 0.829. The first-order valence-electron chi connectivity index (χ1n) is 5.95. The maximum atomic E-state index is 12.4. The van der Waals surface area contributed by atoms with Crippen molar-refractivity contribution in [2.75, 3.05) is 10.5 Å². The van der Waals surface area contributed by atoms with Crippen LogP contribution in [-0.4, -0.2) is 8.42 Å². The molecule has 106 valence electrons. The van der Waals surface area contributed by atoms with Crippen LogP contribution in [-0.2, 0) is 10.0 Å². The molecule has 2 rings (SSSR count). The molecule has 4 nitrogen and oxygen atoms in total. The molecule has 0 spiro atoms. The van der Waals surface area contributed by atoms with Gasteiger partial charge in [0.05, 0.1) is 11.4 Å². The van der Waals surface area contributed by atoms with Crippen LogP contribution in [0.25, 0.3) is 0 Å². The summed E-state index contributed by atoms with van der Waals surface area (Å²) in [5, 5.41) is 0. The molecule has 0 aliphatic rings. The van der Waals surface area contributed by atoms with Gasteiger partial charge in [0.1, 0.15) is 4.90 Å². The molecule has 0 saturated carbocycles. The smallest absolute Gasteiger partial charge is 0.263 e. The minimum atomic E-state index is -3.71. The van der Waals surface area contributed by atoms with Crippen LogP contribution < -0.4 is 10.5 Å². The van der Waals surface area contributed by atoms with Crippen LogP contribution in [0.15, 0.2) is 45.8 Å². The summed E-state index contributed by atoms with van der Waals surface area (Å²) < 4.78 is 28.0. The van der Waals surface area contributed by atoms with E-state index < -0.39 is 10.0 Å². The van der Waals surface area contributed by atoms with Gasteiger partial charge in [-0.2, -0.15) is 0 Å². The summed E-state index contributed by atoms with van der Waals surface area (Å²) >= 11 is 3.25. The average molecular weight is 355 g/mol. The fraction of sp³-hybridized carbons (Fsp3) is 0.143. The number of sulfonamides is 1. The predicted molar refractivity (Wildman–Crippen MR) is 85.3 cm³/mol. The molecule has 2 aromatic rings. The van der Waals surface area contributed by atoms with E-state index in [0.29, 0.717) is 10.2 Å². The summed E-state index contributed by atoms with van der Waals surface area (Å²) in [7, 11) is -3.71. The Bertz CT molecular complexity index is 758. The molecular formula is C14H15BrN2O2S. The third-order valence-corrected chi connectivity index (χ3v) is 4.81. The van der Waals surface area contributed by atoms with Gasteiger partial charge >= 0.3 is 0 Å². The van der Waals surface area contributed by atoms with E-state index in [1.807, 2.05) is 26.0 Å². The average Bonchev–Trinajstić information content (AvgIpc) is 2.35. The lowest BCUT2D eigenvalue weighted by Crippen LogP contribution is -2.15. The number of benzene rings is 2. The predicted octanol–water partition coefficient (Wildman–Crippen LogP) is 3.45. The maximum Gasteiger partial charge on any atom is 0.263 e. The van der Waals surface area contributed by atoms with Crippen LogP contribution in [0.3, 0.4) is 0 Å². The summed E-state index contributed by atoms with van der Waals surface area (Å²) in [5.74, 6) is 0. The molecule has 0 heterocycles. The zero-order valence-electron chi connectivity index (χ0n) is 11.1. The van der Waals surface area contributed by atoms with Crippen molar-refractivity contribution in [2.45, 2.75) is 18.7 Å². The van der Waals surface area contributed by atoms with Gasteiger partial charge < -0.3 is 5.73 Å². The lowest BCUT2D eigenvalue weighted by Gasteiger charge is -2.13. The Morgan fingerprint density at radius 3 is 2.45 bits per heavy atom. The van der Waals surface area contributed by atoms with Gasteiger partial charge in [0.15, 0.2) is 0 Å². The second-order valence-corrected chi connectivity index (χ2v) is 7.17. The number of hydrogen-bond donors (Lipinski definition) is 2. The monoisotopic (exact) mass is 354 g/mol. The molecule has 20 heavy (non-hydrogen) atoms. The molecule has 0 atom stereocenters. The van der Waals surface area contributed by atoms with Crippen molar-refractivity contribution in [1.82, 2.24) is 0 Å². The van der Waals surface area contributed by atoms with Crippen molar-refractivity contribution < 1.29 is 8.42 Å². The molecule has 0 unspecified atom stereocenters. The Hall–Kier alpha value is -1.53. The molecule has 2 aromatic carbocycles. The van der Waals surface area contributed by atoms with Gasteiger partial charge in [-0.25, -0.2) is 8.42 Å². The summed E-state index contributed by atoms with van der Waals surface area (Å²) in [6.45, 7) is 3.81. The third-order valence-electron chi connectivity index (χ3n) is 2.89. The van der Waals surface area contributed by atoms with Crippen molar-refractivity contribution in [3.8, 4) is 0 Å². The first-order chi connectivity index (χ1) is 9.29. The standard InChI is InChI=1S/C14H15BrN2O2S/c1-9-3-6-13(10(2)7-9)17-20(18,19)14-8-11(15)4-5-12(14)16/h3-8,17H,16H2,1-2H3. The van der Waals surface area contributed by atoms with E-state index in [-0.39, 0.29) is 10.6 Å². The molecule has 0 aliphatic carbocycles. The molecule has 0 amide bonds. The number of aryl methyl sites for hydroxylation is 2. The molecular weight excluding hydrogens is 340 g/mol. The summed E-state index contributed by atoms with van der Waals surface area (Å²) in [6.07, 6.45) is 0.